The third-order valence-electron chi connectivity index (χ3n) is 2.94. The minimum Gasteiger partial charge on any atom is -0.469 e. The van der Waals surface area contributed by atoms with Crippen LogP contribution in [0.1, 0.15) is 6.42 Å². The van der Waals surface area contributed by atoms with Gasteiger partial charge in [0.25, 0.3) is 0 Å². The highest BCUT2D eigenvalue weighted by atomic mass is 127. The highest BCUT2D eigenvalue weighted by molar-refractivity contribution is 14.1. The third-order valence-corrected chi connectivity index (χ3v) is 3.97. The molecular formula is C12H10F2INO3. The van der Waals surface area contributed by atoms with E-state index in [2.05, 4.69) is 4.74 Å². The zero-order valence-electron chi connectivity index (χ0n) is 9.95. The molecule has 1 aliphatic rings. The van der Waals surface area contributed by atoms with E-state index in [1.807, 2.05) is 0 Å². The average Bonchev–Trinajstić information content (AvgIpc) is 2.76. The van der Waals surface area contributed by atoms with E-state index in [-0.39, 0.29) is 28.1 Å². The van der Waals surface area contributed by atoms with Crippen molar-refractivity contribution in [2.75, 3.05) is 18.6 Å². The number of benzene rings is 1. The molecule has 0 spiro atoms. The second-order valence-electron chi connectivity index (χ2n) is 4.15. The maximum atomic E-state index is 13.5. The van der Waals surface area contributed by atoms with Crippen molar-refractivity contribution in [1.82, 2.24) is 0 Å². The summed E-state index contributed by atoms with van der Waals surface area (Å²) in [5.74, 6) is -2.91. The van der Waals surface area contributed by atoms with Crippen LogP contribution in [0, 0.1) is 21.1 Å². The molecule has 1 fully saturated rings. The minimum atomic E-state index is -0.732. The summed E-state index contributed by atoms with van der Waals surface area (Å²) >= 11 is 1.55. The SMILES string of the molecule is COC(=O)C1CC(=O)N(c2cc(F)c(I)c(F)c2)C1. The molecule has 0 aromatic heterocycles. The van der Waals surface area contributed by atoms with Crippen LogP contribution in [0.5, 0.6) is 0 Å². The van der Waals surface area contributed by atoms with E-state index in [1.54, 1.807) is 22.6 Å². The molecule has 1 aliphatic heterocycles. The predicted octanol–water partition coefficient (Wildman–Crippen LogP) is 2.10. The first-order valence-corrected chi connectivity index (χ1v) is 6.54. The Kier molecular flexibility index (Phi) is 4.02. The minimum absolute atomic E-state index is 0.0120. The lowest BCUT2D eigenvalue weighted by atomic mass is 10.1. The average molecular weight is 381 g/mol. The van der Waals surface area contributed by atoms with Gasteiger partial charge in [0.05, 0.1) is 16.6 Å². The molecule has 2 rings (SSSR count). The van der Waals surface area contributed by atoms with Crippen LogP contribution in [-0.2, 0) is 14.3 Å². The van der Waals surface area contributed by atoms with Crippen LogP contribution in [0.2, 0.25) is 0 Å². The Morgan fingerprint density at radius 2 is 2.00 bits per heavy atom. The number of esters is 1. The fourth-order valence-electron chi connectivity index (χ4n) is 1.98. The first-order chi connectivity index (χ1) is 8.93. The first-order valence-electron chi connectivity index (χ1n) is 5.46. The Morgan fingerprint density at radius 3 is 2.53 bits per heavy atom. The molecular weight excluding hydrogens is 371 g/mol. The number of carbonyl (C=O) groups is 2. The van der Waals surface area contributed by atoms with Gasteiger partial charge in [0.2, 0.25) is 5.91 Å². The highest BCUT2D eigenvalue weighted by Gasteiger charge is 2.36. The van der Waals surface area contributed by atoms with E-state index in [1.165, 1.54) is 12.0 Å². The van der Waals surface area contributed by atoms with Gasteiger partial charge in [-0.3, -0.25) is 9.59 Å². The summed E-state index contributed by atoms with van der Waals surface area (Å²) in [7, 11) is 1.24. The van der Waals surface area contributed by atoms with Gasteiger partial charge in [0.1, 0.15) is 11.6 Å². The molecule has 0 aliphatic carbocycles. The molecule has 0 radical (unpaired) electrons. The summed E-state index contributed by atoms with van der Waals surface area (Å²) in [6, 6.07) is 2.17. The van der Waals surface area contributed by atoms with Crippen LogP contribution in [0.3, 0.4) is 0 Å². The lowest BCUT2D eigenvalue weighted by Gasteiger charge is -2.17. The topological polar surface area (TPSA) is 46.6 Å². The van der Waals surface area contributed by atoms with Crippen molar-refractivity contribution in [3.05, 3.63) is 27.3 Å². The number of methoxy groups -OCH3 is 1. The van der Waals surface area contributed by atoms with E-state index >= 15 is 0 Å². The summed E-state index contributed by atoms with van der Waals surface area (Å²) in [4.78, 5) is 24.4. The summed E-state index contributed by atoms with van der Waals surface area (Å²) in [6.45, 7) is 0.0744. The lowest BCUT2D eigenvalue weighted by molar-refractivity contribution is -0.145. The summed E-state index contributed by atoms with van der Waals surface area (Å²) in [5, 5.41) is 0. The van der Waals surface area contributed by atoms with Gasteiger partial charge < -0.3 is 9.64 Å². The number of amides is 1. The number of anilines is 1. The number of rotatable bonds is 2. The zero-order chi connectivity index (χ0) is 14.2. The van der Waals surface area contributed by atoms with Crippen molar-refractivity contribution in [2.45, 2.75) is 6.42 Å². The fraction of sp³-hybridized carbons (Fsp3) is 0.333. The Labute approximate surface area is 121 Å². The van der Waals surface area contributed by atoms with E-state index in [4.69, 9.17) is 0 Å². The van der Waals surface area contributed by atoms with Gasteiger partial charge in [-0.1, -0.05) is 0 Å². The zero-order valence-corrected chi connectivity index (χ0v) is 12.1. The van der Waals surface area contributed by atoms with Crippen LogP contribution in [0.15, 0.2) is 12.1 Å². The third kappa shape index (κ3) is 2.70. The largest absolute Gasteiger partial charge is 0.469 e. The Hall–Kier alpha value is -1.25. The fourth-order valence-corrected chi connectivity index (χ4v) is 2.29. The quantitative estimate of drug-likeness (QED) is 0.448. The number of ether oxygens (including phenoxy) is 1. The molecule has 19 heavy (non-hydrogen) atoms. The van der Waals surface area contributed by atoms with Crippen LogP contribution < -0.4 is 4.90 Å². The van der Waals surface area contributed by atoms with Crippen molar-refractivity contribution in [2.24, 2.45) is 5.92 Å². The van der Waals surface area contributed by atoms with Crippen LogP contribution >= 0.6 is 22.6 Å². The van der Waals surface area contributed by atoms with Gasteiger partial charge in [-0.2, -0.15) is 0 Å². The summed E-state index contributed by atoms with van der Waals surface area (Å²) in [5.41, 5.74) is 0.117. The van der Waals surface area contributed by atoms with Crippen molar-refractivity contribution in [1.29, 1.82) is 0 Å². The standard InChI is InChI=1S/C12H10F2INO3/c1-19-12(18)6-2-10(17)16(5-6)7-3-8(13)11(15)9(14)4-7/h3-4,6H,2,5H2,1H3. The molecule has 4 nitrogen and oxygen atoms in total. The van der Waals surface area contributed by atoms with Gasteiger partial charge in [0, 0.05) is 18.7 Å². The molecule has 1 unspecified atom stereocenters. The highest BCUT2D eigenvalue weighted by Crippen LogP contribution is 2.29. The molecule has 0 N–H and O–H groups in total. The molecule has 0 bridgehead atoms. The van der Waals surface area contributed by atoms with Crippen molar-refractivity contribution >= 4 is 40.2 Å². The van der Waals surface area contributed by atoms with Gasteiger partial charge in [0.15, 0.2) is 0 Å². The van der Waals surface area contributed by atoms with E-state index in [0.717, 1.165) is 12.1 Å². The summed E-state index contributed by atoms with van der Waals surface area (Å²) < 4.78 is 31.4. The normalized spacial score (nSPS) is 18.8. The Morgan fingerprint density at radius 1 is 1.42 bits per heavy atom. The van der Waals surface area contributed by atoms with Gasteiger partial charge in [-0.15, -0.1) is 0 Å². The van der Waals surface area contributed by atoms with Gasteiger partial charge >= 0.3 is 5.97 Å². The Bertz CT molecular complexity index is 527. The monoisotopic (exact) mass is 381 g/mol. The van der Waals surface area contributed by atoms with Crippen molar-refractivity contribution < 1.29 is 23.1 Å². The van der Waals surface area contributed by atoms with E-state index < -0.39 is 23.5 Å². The molecule has 1 aromatic rings. The molecule has 0 saturated carbocycles. The number of hydrogen-bond acceptors (Lipinski definition) is 3. The van der Waals surface area contributed by atoms with E-state index in [0.29, 0.717) is 0 Å². The van der Waals surface area contributed by atoms with Gasteiger partial charge in [-0.25, -0.2) is 8.78 Å². The second kappa shape index (κ2) is 5.40. The lowest BCUT2D eigenvalue weighted by Crippen LogP contribution is -2.26. The number of carbonyl (C=O) groups excluding carboxylic acids is 2. The molecule has 7 heteroatoms. The molecule has 1 aromatic carbocycles. The van der Waals surface area contributed by atoms with Gasteiger partial charge in [-0.05, 0) is 34.7 Å². The number of hydrogen-bond donors (Lipinski definition) is 0. The van der Waals surface area contributed by atoms with E-state index in [9.17, 15) is 18.4 Å². The molecule has 102 valence electrons. The van der Waals surface area contributed by atoms with Crippen LogP contribution in [0.4, 0.5) is 14.5 Å². The maximum absolute atomic E-state index is 13.5. The Balaban J connectivity index is 2.28. The first kappa shape index (κ1) is 14.2. The smallest absolute Gasteiger partial charge is 0.311 e. The maximum Gasteiger partial charge on any atom is 0.311 e. The molecule has 1 amide bonds. The van der Waals surface area contributed by atoms with Crippen LogP contribution in [-0.4, -0.2) is 25.5 Å². The van der Waals surface area contributed by atoms with Crippen molar-refractivity contribution in [3.63, 3.8) is 0 Å². The second-order valence-corrected chi connectivity index (χ2v) is 5.23. The number of halogens is 3. The van der Waals surface area contributed by atoms with Crippen molar-refractivity contribution in [3.8, 4) is 0 Å². The molecule has 1 atom stereocenters. The predicted molar refractivity (Wildman–Crippen MR) is 71.6 cm³/mol. The molecule has 1 heterocycles. The van der Waals surface area contributed by atoms with Crippen LogP contribution in [0.25, 0.3) is 0 Å². The summed E-state index contributed by atoms with van der Waals surface area (Å²) in [6.07, 6.45) is -0.0120. The molecule has 1 saturated heterocycles. The number of nitrogens with zero attached hydrogens (tertiary/aromatic N) is 1.